The molecule has 1 aromatic heterocycles. The van der Waals surface area contributed by atoms with Crippen LogP contribution in [0.5, 0.6) is 11.6 Å². The minimum Gasteiger partial charge on any atom is -0.497 e. The average molecular weight is 354 g/mol. The first-order valence-corrected chi connectivity index (χ1v) is 8.49. The Balaban J connectivity index is 1.68. The highest BCUT2D eigenvalue weighted by atomic mass is 16.5. The number of H-pyrrole nitrogens is 1. The zero-order valence-electron chi connectivity index (χ0n) is 15.0. The maximum absolute atomic E-state index is 11.7. The van der Waals surface area contributed by atoms with E-state index in [1.807, 2.05) is 30.3 Å². The number of aromatic nitrogens is 1. The fraction of sp³-hybridized carbons (Fsp3) is 0.368. The lowest BCUT2D eigenvalue weighted by Gasteiger charge is -2.36. The standard InChI is InChI=1S/C19H22N4O3/c1-13-16(11-20)18(24)21-19(25)17(13)12-22-7-9-23(10-8-22)14-3-5-15(26-2)6-4-14/h3-6H,7-10,12H2,1-2H3,(H2,21,24,25). The summed E-state index contributed by atoms with van der Waals surface area (Å²) < 4.78 is 5.19. The Morgan fingerprint density at radius 3 is 2.46 bits per heavy atom. The van der Waals surface area contributed by atoms with Crippen LogP contribution in [0.3, 0.4) is 0 Å². The molecule has 2 heterocycles. The van der Waals surface area contributed by atoms with Crippen molar-refractivity contribution in [3.8, 4) is 17.7 Å². The van der Waals surface area contributed by atoms with Gasteiger partial charge in [-0.2, -0.15) is 5.26 Å². The number of aromatic amines is 1. The number of nitrogens with zero attached hydrogens (tertiary/aromatic N) is 3. The summed E-state index contributed by atoms with van der Waals surface area (Å²) in [4.78, 5) is 18.6. The van der Waals surface area contributed by atoms with Gasteiger partial charge in [-0.25, -0.2) is 0 Å². The zero-order valence-corrected chi connectivity index (χ0v) is 15.0. The molecule has 3 rings (SSSR count). The third-order valence-electron chi connectivity index (χ3n) is 4.88. The van der Waals surface area contributed by atoms with E-state index in [0.717, 1.165) is 37.6 Å². The van der Waals surface area contributed by atoms with E-state index < -0.39 is 5.56 Å². The second-order valence-electron chi connectivity index (χ2n) is 6.35. The van der Waals surface area contributed by atoms with Gasteiger partial charge in [0, 0.05) is 44.0 Å². The van der Waals surface area contributed by atoms with Gasteiger partial charge in [0.25, 0.3) is 5.56 Å². The normalized spacial score (nSPS) is 14.9. The summed E-state index contributed by atoms with van der Waals surface area (Å²) in [6.45, 7) is 5.58. The van der Waals surface area contributed by atoms with E-state index in [0.29, 0.717) is 17.7 Å². The van der Waals surface area contributed by atoms with Crippen LogP contribution >= 0.6 is 0 Å². The molecule has 136 valence electrons. The van der Waals surface area contributed by atoms with Crippen LogP contribution in [0.25, 0.3) is 0 Å². The lowest BCUT2D eigenvalue weighted by molar-refractivity contribution is 0.245. The van der Waals surface area contributed by atoms with Gasteiger partial charge in [0.2, 0.25) is 0 Å². The van der Waals surface area contributed by atoms with Gasteiger partial charge in [-0.15, -0.1) is 0 Å². The lowest BCUT2D eigenvalue weighted by atomic mass is 10.0. The van der Waals surface area contributed by atoms with Crippen LogP contribution in [0, 0.1) is 18.3 Å². The van der Waals surface area contributed by atoms with E-state index in [-0.39, 0.29) is 11.4 Å². The fourth-order valence-corrected chi connectivity index (χ4v) is 3.25. The molecule has 1 saturated heterocycles. The Hall–Kier alpha value is -2.98. The molecular formula is C19H22N4O3. The van der Waals surface area contributed by atoms with Gasteiger partial charge in [-0.1, -0.05) is 0 Å². The molecule has 0 spiro atoms. The van der Waals surface area contributed by atoms with Crippen molar-refractivity contribution in [2.45, 2.75) is 13.5 Å². The van der Waals surface area contributed by atoms with E-state index in [1.165, 1.54) is 0 Å². The van der Waals surface area contributed by atoms with Gasteiger partial charge in [0.15, 0.2) is 5.88 Å². The SMILES string of the molecule is COc1ccc(N2CCN(Cc3c(O)[nH]c(=O)c(C#N)c3C)CC2)cc1. The third kappa shape index (κ3) is 3.51. The Labute approximate surface area is 152 Å². The maximum Gasteiger partial charge on any atom is 0.268 e. The molecule has 1 aliphatic rings. The van der Waals surface area contributed by atoms with Crippen LogP contribution in [0.15, 0.2) is 29.1 Å². The largest absolute Gasteiger partial charge is 0.497 e. The highest BCUT2D eigenvalue weighted by molar-refractivity contribution is 5.49. The van der Waals surface area contributed by atoms with E-state index in [2.05, 4.69) is 14.8 Å². The number of nitriles is 1. The number of rotatable bonds is 4. The van der Waals surface area contributed by atoms with E-state index >= 15 is 0 Å². The maximum atomic E-state index is 11.7. The smallest absolute Gasteiger partial charge is 0.268 e. The highest BCUT2D eigenvalue weighted by Gasteiger charge is 2.21. The van der Waals surface area contributed by atoms with Crippen LogP contribution in [0.2, 0.25) is 0 Å². The number of aromatic hydroxyl groups is 1. The van der Waals surface area contributed by atoms with Crippen LogP contribution < -0.4 is 15.2 Å². The van der Waals surface area contributed by atoms with E-state index in [9.17, 15) is 9.90 Å². The molecule has 1 aliphatic heterocycles. The molecule has 2 N–H and O–H groups in total. The molecule has 0 aliphatic carbocycles. The second kappa shape index (κ2) is 7.50. The van der Waals surface area contributed by atoms with Crippen molar-refractivity contribution < 1.29 is 9.84 Å². The molecule has 0 amide bonds. The van der Waals surface area contributed by atoms with Gasteiger partial charge >= 0.3 is 0 Å². The number of anilines is 1. The first-order valence-electron chi connectivity index (χ1n) is 8.49. The quantitative estimate of drug-likeness (QED) is 0.866. The van der Waals surface area contributed by atoms with Crippen molar-refractivity contribution >= 4 is 5.69 Å². The third-order valence-corrected chi connectivity index (χ3v) is 4.88. The molecular weight excluding hydrogens is 332 g/mol. The zero-order chi connectivity index (χ0) is 18.7. The summed E-state index contributed by atoms with van der Waals surface area (Å²) in [5.74, 6) is 0.689. The number of benzene rings is 1. The molecule has 0 radical (unpaired) electrons. The van der Waals surface area contributed by atoms with E-state index in [1.54, 1.807) is 14.0 Å². The van der Waals surface area contributed by atoms with Gasteiger partial charge in [-0.3, -0.25) is 14.7 Å². The van der Waals surface area contributed by atoms with Crippen molar-refractivity contribution in [1.82, 2.24) is 9.88 Å². The highest BCUT2D eigenvalue weighted by Crippen LogP contribution is 2.23. The van der Waals surface area contributed by atoms with Crippen LogP contribution in [-0.2, 0) is 6.54 Å². The number of hydrogen-bond donors (Lipinski definition) is 2. The molecule has 0 unspecified atom stereocenters. The molecule has 26 heavy (non-hydrogen) atoms. The summed E-state index contributed by atoms with van der Waals surface area (Å²) in [6.07, 6.45) is 0. The summed E-state index contributed by atoms with van der Waals surface area (Å²) in [5.41, 5.74) is 1.83. The number of methoxy groups -OCH3 is 1. The number of nitrogens with one attached hydrogen (secondary N) is 1. The predicted molar refractivity (Wildman–Crippen MR) is 98.7 cm³/mol. The summed E-state index contributed by atoms with van der Waals surface area (Å²) in [5, 5.41) is 19.2. The lowest BCUT2D eigenvalue weighted by Crippen LogP contribution is -2.46. The Kier molecular flexibility index (Phi) is 5.14. The van der Waals surface area contributed by atoms with Crippen molar-refractivity contribution in [3.05, 3.63) is 51.3 Å². The van der Waals surface area contributed by atoms with Crippen LogP contribution in [0.1, 0.15) is 16.7 Å². The molecule has 7 heteroatoms. The topological polar surface area (TPSA) is 92.6 Å². The average Bonchev–Trinajstić information content (AvgIpc) is 2.66. The van der Waals surface area contributed by atoms with Gasteiger partial charge in [0.05, 0.1) is 7.11 Å². The van der Waals surface area contributed by atoms with Crippen molar-refractivity contribution in [2.75, 3.05) is 38.2 Å². The van der Waals surface area contributed by atoms with Gasteiger partial charge in [-0.05, 0) is 36.8 Å². The minimum absolute atomic E-state index is 0.0645. The van der Waals surface area contributed by atoms with Gasteiger partial charge in [0.1, 0.15) is 17.4 Å². The minimum atomic E-state index is -0.546. The van der Waals surface area contributed by atoms with E-state index in [4.69, 9.17) is 10.00 Å². The molecule has 0 saturated carbocycles. The molecule has 1 fully saturated rings. The number of hydrogen-bond acceptors (Lipinski definition) is 6. The molecule has 0 atom stereocenters. The first-order chi connectivity index (χ1) is 12.5. The monoisotopic (exact) mass is 354 g/mol. The fourth-order valence-electron chi connectivity index (χ4n) is 3.25. The molecule has 0 bridgehead atoms. The molecule has 2 aromatic rings. The van der Waals surface area contributed by atoms with Crippen molar-refractivity contribution in [3.63, 3.8) is 0 Å². The summed E-state index contributed by atoms with van der Waals surface area (Å²) >= 11 is 0. The summed E-state index contributed by atoms with van der Waals surface area (Å²) in [6, 6.07) is 9.91. The van der Waals surface area contributed by atoms with Crippen molar-refractivity contribution in [1.29, 1.82) is 5.26 Å². The van der Waals surface area contributed by atoms with Gasteiger partial charge < -0.3 is 14.7 Å². The molecule has 7 nitrogen and oxygen atoms in total. The predicted octanol–water partition coefficient (Wildman–Crippen LogP) is 1.59. The Morgan fingerprint density at radius 1 is 1.23 bits per heavy atom. The van der Waals surface area contributed by atoms with Crippen molar-refractivity contribution in [2.24, 2.45) is 0 Å². The Bertz CT molecular complexity index is 875. The summed E-state index contributed by atoms with van der Waals surface area (Å²) in [7, 11) is 1.65. The Morgan fingerprint density at radius 2 is 1.88 bits per heavy atom. The molecule has 1 aromatic carbocycles. The second-order valence-corrected chi connectivity index (χ2v) is 6.35. The van der Waals surface area contributed by atoms with Crippen LogP contribution in [0.4, 0.5) is 5.69 Å². The number of pyridine rings is 1. The first kappa shape index (κ1) is 17.8. The number of ether oxygens (including phenoxy) is 1. The number of piperazine rings is 1. The van der Waals surface area contributed by atoms with Crippen LogP contribution in [-0.4, -0.2) is 48.3 Å².